The van der Waals surface area contributed by atoms with Crippen molar-refractivity contribution < 1.29 is 4.39 Å². The molecule has 23 heavy (non-hydrogen) atoms. The zero-order valence-electron chi connectivity index (χ0n) is 13.2. The minimum Gasteiger partial charge on any atom is -0.303 e. The Labute approximate surface area is 140 Å². The van der Waals surface area contributed by atoms with Gasteiger partial charge in [-0.3, -0.25) is 4.98 Å². The van der Waals surface area contributed by atoms with E-state index in [0.29, 0.717) is 5.56 Å². The molecule has 2 heterocycles. The van der Waals surface area contributed by atoms with Crippen LogP contribution in [0.15, 0.2) is 60.9 Å². The summed E-state index contributed by atoms with van der Waals surface area (Å²) >= 11 is 1.63. The smallest absolute Gasteiger partial charge is 0.131 e. The number of hydrogen-bond acceptors (Lipinski definition) is 3. The fourth-order valence-electron chi connectivity index (χ4n) is 2.60. The summed E-state index contributed by atoms with van der Waals surface area (Å²) in [5.74, 6) is -0.174. The minimum atomic E-state index is -0.174. The van der Waals surface area contributed by atoms with E-state index in [1.165, 1.54) is 16.5 Å². The highest BCUT2D eigenvalue weighted by atomic mass is 32.1. The molecule has 2 atom stereocenters. The van der Waals surface area contributed by atoms with E-state index < -0.39 is 0 Å². The molecule has 3 rings (SSSR count). The molecule has 118 valence electrons. The van der Waals surface area contributed by atoms with Crippen molar-refractivity contribution in [2.24, 2.45) is 0 Å². The zero-order valence-corrected chi connectivity index (χ0v) is 14.0. The van der Waals surface area contributed by atoms with Crippen LogP contribution in [-0.2, 0) is 0 Å². The number of rotatable bonds is 5. The molecule has 0 spiro atoms. The Morgan fingerprint density at radius 3 is 2.43 bits per heavy atom. The van der Waals surface area contributed by atoms with Crippen molar-refractivity contribution >= 4 is 11.3 Å². The molecule has 0 radical (unpaired) electrons. The Balaban J connectivity index is 1.74. The average Bonchev–Trinajstić information content (AvgIpc) is 3.06. The largest absolute Gasteiger partial charge is 0.303 e. The van der Waals surface area contributed by atoms with E-state index >= 15 is 0 Å². The molecule has 0 aliphatic rings. The zero-order chi connectivity index (χ0) is 16.2. The van der Waals surface area contributed by atoms with Crippen LogP contribution in [0.3, 0.4) is 0 Å². The molecule has 0 aliphatic heterocycles. The first kappa shape index (κ1) is 15.8. The number of halogens is 1. The van der Waals surface area contributed by atoms with Gasteiger partial charge in [0.1, 0.15) is 5.82 Å². The third-order valence-corrected chi connectivity index (χ3v) is 5.20. The van der Waals surface area contributed by atoms with Crippen LogP contribution in [0, 0.1) is 5.82 Å². The summed E-state index contributed by atoms with van der Waals surface area (Å²) in [5, 5.41) is 3.58. The van der Waals surface area contributed by atoms with E-state index in [2.05, 4.69) is 30.2 Å². The monoisotopic (exact) mass is 326 g/mol. The molecule has 1 aromatic carbocycles. The maximum atomic E-state index is 13.9. The van der Waals surface area contributed by atoms with Crippen LogP contribution in [0.1, 0.15) is 36.4 Å². The maximum Gasteiger partial charge on any atom is 0.131 e. The van der Waals surface area contributed by atoms with Crippen LogP contribution in [0.2, 0.25) is 0 Å². The average molecular weight is 326 g/mol. The van der Waals surface area contributed by atoms with Gasteiger partial charge in [0, 0.05) is 39.8 Å². The Bertz CT molecular complexity index is 770. The maximum absolute atomic E-state index is 13.9. The van der Waals surface area contributed by atoms with Gasteiger partial charge in [0.25, 0.3) is 0 Å². The topological polar surface area (TPSA) is 24.9 Å². The second kappa shape index (κ2) is 7.02. The van der Waals surface area contributed by atoms with E-state index in [1.54, 1.807) is 29.8 Å². The van der Waals surface area contributed by atoms with Crippen molar-refractivity contribution in [1.29, 1.82) is 0 Å². The van der Waals surface area contributed by atoms with Crippen molar-refractivity contribution in [3.8, 4) is 10.4 Å². The Morgan fingerprint density at radius 1 is 0.957 bits per heavy atom. The molecule has 0 unspecified atom stereocenters. The Kier molecular flexibility index (Phi) is 4.84. The Hall–Kier alpha value is -2.04. The van der Waals surface area contributed by atoms with E-state index in [4.69, 9.17) is 0 Å². The van der Waals surface area contributed by atoms with Gasteiger partial charge in [0.15, 0.2) is 0 Å². The second-order valence-electron chi connectivity index (χ2n) is 5.57. The van der Waals surface area contributed by atoms with Crippen LogP contribution >= 0.6 is 11.3 Å². The number of pyridine rings is 1. The summed E-state index contributed by atoms with van der Waals surface area (Å²) in [6.45, 7) is 4.27. The highest BCUT2D eigenvalue weighted by Gasteiger charge is 2.14. The molecule has 0 aliphatic carbocycles. The minimum absolute atomic E-state index is 0.174. The molecule has 2 aromatic heterocycles. The van der Waals surface area contributed by atoms with Gasteiger partial charge in [0.05, 0.1) is 0 Å². The molecule has 0 saturated carbocycles. The van der Waals surface area contributed by atoms with Gasteiger partial charge in [-0.15, -0.1) is 11.3 Å². The molecule has 0 bridgehead atoms. The first-order valence-electron chi connectivity index (χ1n) is 7.66. The molecule has 1 N–H and O–H groups in total. The number of nitrogens with zero attached hydrogens (tertiary/aromatic N) is 1. The molecule has 2 nitrogen and oxygen atoms in total. The van der Waals surface area contributed by atoms with Gasteiger partial charge in [-0.25, -0.2) is 4.39 Å². The van der Waals surface area contributed by atoms with Crippen LogP contribution in [-0.4, -0.2) is 4.98 Å². The predicted octanol–water partition coefficient (Wildman–Crippen LogP) is 5.36. The third kappa shape index (κ3) is 3.66. The standard InChI is InChI=1S/C19H19FN2S/c1-13(15-9-11-21-12-10-15)22-14(2)18-7-8-19(23-18)16-5-3-4-6-17(16)20/h3-14,22H,1-2H3/t13-,14-/m0/s1. The highest BCUT2D eigenvalue weighted by molar-refractivity contribution is 7.15. The molecule has 4 heteroatoms. The SMILES string of the molecule is C[C@H](N[C@@H](C)c1ccc(-c2ccccc2F)s1)c1ccncc1. The number of thiophene rings is 1. The van der Waals surface area contributed by atoms with E-state index in [9.17, 15) is 4.39 Å². The van der Waals surface area contributed by atoms with Crippen molar-refractivity contribution in [1.82, 2.24) is 10.3 Å². The van der Waals surface area contributed by atoms with Crippen molar-refractivity contribution in [2.45, 2.75) is 25.9 Å². The third-order valence-electron chi connectivity index (χ3n) is 3.90. The van der Waals surface area contributed by atoms with Crippen molar-refractivity contribution in [3.63, 3.8) is 0 Å². The number of hydrogen-bond donors (Lipinski definition) is 1. The summed E-state index contributed by atoms with van der Waals surface area (Å²) < 4.78 is 13.9. The lowest BCUT2D eigenvalue weighted by Crippen LogP contribution is -2.21. The number of aromatic nitrogens is 1. The predicted molar refractivity (Wildman–Crippen MR) is 93.9 cm³/mol. The molecular formula is C19H19FN2S. The summed E-state index contributed by atoms with van der Waals surface area (Å²) in [6.07, 6.45) is 3.61. The molecular weight excluding hydrogens is 307 g/mol. The van der Waals surface area contributed by atoms with Crippen LogP contribution < -0.4 is 5.32 Å². The Morgan fingerprint density at radius 2 is 1.70 bits per heavy atom. The van der Waals surface area contributed by atoms with Crippen molar-refractivity contribution in [2.75, 3.05) is 0 Å². The highest BCUT2D eigenvalue weighted by Crippen LogP contribution is 2.33. The first-order valence-corrected chi connectivity index (χ1v) is 8.47. The normalized spacial score (nSPS) is 13.7. The summed E-state index contributed by atoms with van der Waals surface area (Å²) in [7, 11) is 0. The van der Waals surface area contributed by atoms with Gasteiger partial charge >= 0.3 is 0 Å². The van der Waals surface area contributed by atoms with Gasteiger partial charge in [-0.1, -0.05) is 18.2 Å². The van der Waals surface area contributed by atoms with E-state index in [1.807, 2.05) is 30.3 Å². The lowest BCUT2D eigenvalue weighted by molar-refractivity contribution is 0.500. The first-order chi connectivity index (χ1) is 11.1. The second-order valence-corrected chi connectivity index (χ2v) is 6.69. The fraction of sp³-hybridized carbons (Fsp3) is 0.211. The molecule has 3 aromatic rings. The van der Waals surface area contributed by atoms with Crippen molar-refractivity contribution in [3.05, 3.63) is 77.2 Å². The lowest BCUT2D eigenvalue weighted by Gasteiger charge is -2.19. The quantitative estimate of drug-likeness (QED) is 0.682. The van der Waals surface area contributed by atoms with E-state index in [-0.39, 0.29) is 17.9 Å². The van der Waals surface area contributed by atoms with Crippen LogP contribution in [0.25, 0.3) is 10.4 Å². The van der Waals surface area contributed by atoms with Gasteiger partial charge in [0.2, 0.25) is 0 Å². The number of benzene rings is 1. The summed E-state index contributed by atoms with van der Waals surface area (Å²) in [6, 6.07) is 15.4. The van der Waals surface area contributed by atoms with Gasteiger partial charge < -0.3 is 5.32 Å². The van der Waals surface area contributed by atoms with Gasteiger partial charge in [-0.2, -0.15) is 0 Å². The summed E-state index contributed by atoms with van der Waals surface area (Å²) in [4.78, 5) is 6.21. The van der Waals surface area contributed by atoms with Crippen LogP contribution in [0.5, 0.6) is 0 Å². The van der Waals surface area contributed by atoms with E-state index in [0.717, 1.165) is 4.88 Å². The van der Waals surface area contributed by atoms with Crippen LogP contribution in [0.4, 0.5) is 4.39 Å². The fourth-order valence-corrected chi connectivity index (χ4v) is 3.64. The van der Waals surface area contributed by atoms with Gasteiger partial charge in [-0.05, 0) is 49.7 Å². The molecule has 0 saturated heterocycles. The molecule has 0 fully saturated rings. The summed E-state index contributed by atoms with van der Waals surface area (Å²) in [5.41, 5.74) is 1.87. The number of nitrogens with one attached hydrogen (secondary N) is 1. The lowest BCUT2D eigenvalue weighted by atomic mass is 10.1. The molecule has 0 amide bonds.